The Balaban J connectivity index is 1.80. The Hall–Kier alpha value is -2.80. The molecule has 1 N–H and O–H groups in total. The van der Waals surface area contributed by atoms with Crippen LogP contribution in [0.1, 0.15) is 37.9 Å². The highest BCUT2D eigenvalue weighted by molar-refractivity contribution is 8.13. The first-order valence-electron chi connectivity index (χ1n) is 9.85. The van der Waals surface area contributed by atoms with Crippen LogP contribution >= 0.6 is 11.8 Å². The van der Waals surface area contributed by atoms with Gasteiger partial charge < -0.3 is 4.74 Å². The molecule has 150 valence electrons. The fraction of sp³-hybridized carbons (Fsp3) is 0.318. The van der Waals surface area contributed by atoms with Crippen LogP contribution in [0.3, 0.4) is 0 Å². The first kappa shape index (κ1) is 19.5. The summed E-state index contributed by atoms with van der Waals surface area (Å²) in [5.41, 5.74) is 1.39. The van der Waals surface area contributed by atoms with Gasteiger partial charge in [-0.05, 0) is 18.6 Å². The lowest BCUT2D eigenvalue weighted by molar-refractivity contribution is -0.116. The van der Waals surface area contributed by atoms with E-state index in [9.17, 15) is 4.79 Å². The van der Waals surface area contributed by atoms with Crippen LogP contribution in [-0.2, 0) is 4.79 Å². The quantitative estimate of drug-likeness (QED) is 0.747. The Morgan fingerprint density at radius 3 is 2.76 bits per heavy atom. The van der Waals surface area contributed by atoms with E-state index in [1.54, 1.807) is 23.9 Å². The number of amides is 1. The second-order valence-electron chi connectivity index (χ2n) is 6.87. The number of unbranched alkanes of at least 4 members (excludes halogenated alkanes) is 2. The lowest BCUT2D eigenvalue weighted by Crippen LogP contribution is -2.50. The molecule has 4 rings (SSSR count). The van der Waals surface area contributed by atoms with E-state index in [1.165, 1.54) is 6.42 Å². The Labute approximate surface area is 174 Å². The number of hydrogen-bond donors (Lipinski definition) is 1. The molecule has 0 spiro atoms. The van der Waals surface area contributed by atoms with Crippen LogP contribution in [0.25, 0.3) is 5.70 Å². The van der Waals surface area contributed by atoms with Gasteiger partial charge in [-0.2, -0.15) is 0 Å². The van der Waals surface area contributed by atoms with Gasteiger partial charge in [-0.25, -0.2) is 5.01 Å². The number of thioether (sulfide) groups is 1. The van der Waals surface area contributed by atoms with Gasteiger partial charge in [0, 0.05) is 16.5 Å². The van der Waals surface area contributed by atoms with E-state index >= 15 is 0 Å². The van der Waals surface area contributed by atoms with Gasteiger partial charge in [0.25, 0.3) is 5.91 Å². The number of fused-ring (bicyclic) bond motifs is 2. The lowest BCUT2D eigenvalue weighted by Gasteiger charge is -2.34. The second kappa shape index (κ2) is 8.69. The van der Waals surface area contributed by atoms with Crippen molar-refractivity contribution in [3.05, 3.63) is 64.7 Å². The van der Waals surface area contributed by atoms with E-state index in [0.29, 0.717) is 10.9 Å². The summed E-state index contributed by atoms with van der Waals surface area (Å²) in [6, 6.07) is 15.4. The van der Waals surface area contributed by atoms with Gasteiger partial charge in [-0.15, -0.1) is 5.10 Å². The molecular formula is C22H24N4O2S. The maximum atomic E-state index is 13.1. The zero-order chi connectivity index (χ0) is 20.2. The summed E-state index contributed by atoms with van der Waals surface area (Å²) in [4.78, 5) is 18.0. The number of methoxy groups -OCH3 is 1. The third-order valence-electron chi connectivity index (χ3n) is 4.92. The summed E-state index contributed by atoms with van der Waals surface area (Å²) in [7, 11) is 1.64. The predicted octanol–water partition coefficient (Wildman–Crippen LogP) is 2.76. The zero-order valence-electron chi connectivity index (χ0n) is 16.6. The number of ether oxygens (including phenoxy) is 1. The van der Waals surface area contributed by atoms with Crippen LogP contribution in [0.15, 0.2) is 58.6 Å². The Bertz CT molecular complexity index is 1070. The zero-order valence-corrected chi connectivity index (χ0v) is 17.4. The van der Waals surface area contributed by atoms with Crippen molar-refractivity contribution in [2.45, 2.75) is 32.4 Å². The van der Waals surface area contributed by atoms with E-state index in [4.69, 9.17) is 14.8 Å². The van der Waals surface area contributed by atoms with Crippen molar-refractivity contribution in [1.82, 2.24) is 10.3 Å². The standard InChI is InChI=1S/C22H24N4O2S/c1-3-4-9-14-29-22-24-21(27)19-15-10-5-7-12-17(15)23-20(26(19)25-22)16-11-6-8-13-18(16)28-2/h5-8,10-13,20H,3-4,9,14H2,1-2H3,(H,24,25,27)/t20-/m0/s1. The highest BCUT2D eigenvalue weighted by Gasteiger charge is 2.35. The average Bonchev–Trinajstić information content (AvgIpc) is 2.76. The maximum Gasteiger partial charge on any atom is 0.276 e. The number of hydrogen-bond acceptors (Lipinski definition) is 6. The summed E-state index contributed by atoms with van der Waals surface area (Å²) in [5, 5.41) is 11.7. The molecule has 0 saturated heterocycles. The molecule has 0 aliphatic carbocycles. The predicted molar refractivity (Wildman–Crippen MR) is 116 cm³/mol. The largest absolute Gasteiger partial charge is 0.496 e. The molecule has 6 nitrogen and oxygen atoms in total. The van der Waals surface area contributed by atoms with Gasteiger partial charge in [0.1, 0.15) is 11.4 Å². The van der Waals surface area contributed by atoms with Crippen molar-refractivity contribution in [1.29, 1.82) is 0 Å². The molecule has 0 bridgehead atoms. The summed E-state index contributed by atoms with van der Waals surface area (Å²) >= 11 is 1.58. The highest BCUT2D eigenvalue weighted by atomic mass is 32.2. The van der Waals surface area contributed by atoms with Crippen LogP contribution < -0.4 is 20.6 Å². The molecule has 1 amide bonds. The summed E-state index contributed by atoms with van der Waals surface area (Å²) < 4.78 is 5.56. The number of nitrogens with zero attached hydrogens (tertiary/aromatic N) is 3. The van der Waals surface area contributed by atoms with Crippen molar-refractivity contribution in [3.8, 4) is 5.75 Å². The van der Waals surface area contributed by atoms with Crippen molar-refractivity contribution >= 4 is 28.5 Å². The van der Waals surface area contributed by atoms with Gasteiger partial charge >= 0.3 is 0 Å². The molecule has 2 aromatic rings. The van der Waals surface area contributed by atoms with E-state index in [1.807, 2.05) is 48.5 Å². The number of nitrogens with one attached hydrogen (secondary N) is 1. The van der Waals surface area contributed by atoms with Crippen LogP contribution in [0.4, 0.5) is 0 Å². The Kier molecular flexibility index (Phi) is 5.85. The first-order valence-corrected chi connectivity index (χ1v) is 10.8. The molecule has 0 radical (unpaired) electrons. The number of rotatable bonds is 6. The van der Waals surface area contributed by atoms with E-state index in [2.05, 4.69) is 12.2 Å². The SMILES string of the molecule is CCCCCSC1=NN2C(=c3ccccc3=N[C@@H]2c2ccccc2OC)C(=O)N1. The summed E-state index contributed by atoms with van der Waals surface area (Å²) in [6.07, 6.45) is 2.96. The minimum absolute atomic E-state index is 0.153. The Morgan fingerprint density at radius 1 is 1.14 bits per heavy atom. The summed E-state index contributed by atoms with van der Waals surface area (Å²) in [6.45, 7) is 2.18. The smallest absolute Gasteiger partial charge is 0.276 e. The number of amidine groups is 1. The van der Waals surface area contributed by atoms with Gasteiger partial charge in [0.2, 0.25) is 0 Å². The number of benzene rings is 2. The molecule has 0 unspecified atom stereocenters. The molecule has 2 aliphatic rings. The van der Waals surface area contributed by atoms with Gasteiger partial charge in [-0.1, -0.05) is 67.9 Å². The third kappa shape index (κ3) is 3.87. The average molecular weight is 409 g/mol. The number of carbonyl (C=O) groups excluding carboxylic acids is 1. The van der Waals surface area contributed by atoms with E-state index in [0.717, 1.165) is 40.5 Å². The fourth-order valence-corrected chi connectivity index (χ4v) is 4.35. The third-order valence-corrected chi connectivity index (χ3v) is 5.87. The first-order chi connectivity index (χ1) is 14.2. The minimum atomic E-state index is -0.464. The Morgan fingerprint density at radius 2 is 1.93 bits per heavy atom. The number of para-hydroxylation sites is 2. The van der Waals surface area contributed by atoms with E-state index in [-0.39, 0.29) is 5.91 Å². The summed E-state index contributed by atoms with van der Waals surface area (Å²) in [5.74, 6) is 1.49. The molecule has 2 heterocycles. The van der Waals surface area contributed by atoms with Crippen molar-refractivity contribution < 1.29 is 9.53 Å². The molecular weight excluding hydrogens is 384 g/mol. The van der Waals surface area contributed by atoms with Crippen molar-refractivity contribution in [2.24, 2.45) is 10.1 Å². The molecule has 1 atom stereocenters. The van der Waals surface area contributed by atoms with E-state index < -0.39 is 6.17 Å². The molecule has 2 aromatic carbocycles. The molecule has 0 fully saturated rings. The minimum Gasteiger partial charge on any atom is -0.496 e. The van der Waals surface area contributed by atoms with Gasteiger partial charge in [0.15, 0.2) is 11.3 Å². The second-order valence-corrected chi connectivity index (χ2v) is 7.95. The molecule has 2 aliphatic heterocycles. The maximum absolute atomic E-state index is 13.1. The van der Waals surface area contributed by atoms with Crippen LogP contribution in [0, 0.1) is 0 Å². The van der Waals surface area contributed by atoms with Crippen molar-refractivity contribution in [2.75, 3.05) is 12.9 Å². The molecule has 0 aromatic heterocycles. The topological polar surface area (TPSA) is 66.3 Å². The van der Waals surface area contributed by atoms with Crippen LogP contribution in [0.2, 0.25) is 0 Å². The number of hydrazone groups is 1. The monoisotopic (exact) mass is 408 g/mol. The molecule has 29 heavy (non-hydrogen) atoms. The lowest BCUT2D eigenvalue weighted by atomic mass is 10.1. The van der Waals surface area contributed by atoms with Crippen LogP contribution in [0.5, 0.6) is 5.75 Å². The van der Waals surface area contributed by atoms with Gasteiger partial charge in [0.05, 0.1) is 12.5 Å². The molecule has 0 saturated carbocycles. The normalized spacial score (nSPS) is 17.7. The van der Waals surface area contributed by atoms with Crippen LogP contribution in [-0.4, -0.2) is 28.9 Å². The van der Waals surface area contributed by atoms with Crippen molar-refractivity contribution in [3.63, 3.8) is 0 Å². The highest BCUT2D eigenvalue weighted by Crippen LogP contribution is 2.35. The molecule has 7 heteroatoms. The fourth-order valence-electron chi connectivity index (χ4n) is 3.50. The van der Waals surface area contributed by atoms with Gasteiger partial charge in [-0.3, -0.25) is 15.1 Å². The number of carbonyl (C=O) groups is 1.